The zero-order valence-corrected chi connectivity index (χ0v) is 11.6. The van der Waals surface area contributed by atoms with Gasteiger partial charge in [-0.15, -0.1) is 0 Å². The van der Waals surface area contributed by atoms with Gasteiger partial charge in [0, 0.05) is 24.3 Å². The average molecular weight is 283 g/mol. The highest BCUT2D eigenvalue weighted by Gasteiger charge is 2.21. The average Bonchev–Trinajstić information content (AvgIpc) is 2.93. The number of hydrogen-bond donors (Lipinski definition) is 2. The Labute approximate surface area is 123 Å². The summed E-state index contributed by atoms with van der Waals surface area (Å²) in [5.74, 6) is 0.348. The van der Waals surface area contributed by atoms with Crippen LogP contribution in [-0.2, 0) is 11.3 Å². The maximum atomic E-state index is 11.8. The molecule has 21 heavy (non-hydrogen) atoms. The van der Waals surface area contributed by atoms with E-state index in [-0.39, 0.29) is 11.7 Å². The quantitative estimate of drug-likeness (QED) is 0.905. The fourth-order valence-corrected chi connectivity index (χ4v) is 2.42. The van der Waals surface area contributed by atoms with Crippen molar-refractivity contribution in [2.45, 2.75) is 19.4 Å². The van der Waals surface area contributed by atoms with Crippen LogP contribution in [0.15, 0.2) is 42.6 Å². The fourth-order valence-electron chi connectivity index (χ4n) is 2.42. The van der Waals surface area contributed by atoms with Crippen LogP contribution in [0.25, 0.3) is 0 Å². The van der Waals surface area contributed by atoms with Gasteiger partial charge in [0.05, 0.1) is 18.4 Å². The van der Waals surface area contributed by atoms with Crippen LogP contribution in [0.2, 0.25) is 0 Å². The normalized spacial score (nSPS) is 14.5. The standard InChI is InChI=1S/C16H17N3O2/c20-15-7-6-13(18-11-15)10-17-12-3-1-4-14(9-12)19-8-2-5-16(19)21/h1,3-4,6-7,9,11,17,20H,2,5,8,10H2. The summed E-state index contributed by atoms with van der Waals surface area (Å²) in [6.07, 6.45) is 2.99. The van der Waals surface area contributed by atoms with E-state index in [0.717, 1.165) is 30.0 Å². The molecule has 5 heteroatoms. The smallest absolute Gasteiger partial charge is 0.227 e. The highest BCUT2D eigenvalue weighted by Crippen LogP contribution is 2.24. The molecule has 1 aliphatic heterocycles. The lowest BCUT2D eigenvalue weighted by atomic mass is 10.2. The topological polar surface area (TPSA) is 65.5 Å². The first-order valence-electron chi connectivity index (χ1n) is 7.00. The zero-order valence-electron chi connectivity index (χ0n) is 11.6. The van der Waals surface area contributed by atoms with Gasteiger partial charge in [-0.05, 0) is 36.8 Å². The lowest BCUT2D eigenvalue weighted by Gasteiger charge is -2.17. The number of aromatic nitrogens is 1. The van der Waals surface area contributed by atoms with Crippen LogP contribution in [0.3, 0.4) is 0 Å². The minimum atomic E-state index is 0.160. The molecule has 108 valence electrons. The zero-order chi connectivity index (χ0) is 14.7. The number of nitrogens with one attached hydrogen (secondary N) is 1. The molecule has 1 aliphatic rings. The first kappa shape index (κ1) is 13.4. The summed E-state index contributed by atoms with van der Waals surface area (Å²) in [6.45, 7) is 1.36. The number of rotatable bonds is 4. The first-order chi connectivity index (χ1) is 10.2. The second-order valence-corrected chi connectivity index (χ2v) is 5.06. The van der Waals surface area contributed by atoms with Crippen molar-refractivity contribution >= 4 is 17.3 Å². The third-order valence-corrected chi connectivity index (χ3v) is 3.51. The molecule has 0 spiro atoms. The van der Waals surface area contributed by atoms with Crippen molar-refractivity contribution < 1.29 is 9.90 Å². The van der Waals surface area contributed by atoms with E-state index < -0.39 is 0 Å². The van der Waals surface area contributed by atoms with E-state index in [1.165, 1.54) is 6.20 Å². The largest absolute Gasteiger partial charge is 0.506 e. The Bertz CT molecular complexity index is 640. The second kappa shape index (κ2) is 5.83. The van der Waals surface area contributed by atoms with E-state index in [1.54, 1.807) is 12.1 Å². The van der Waals surface area contributed by atoms with Crippen molar-refractivity contribution in [2.75, 3.05) is 16.8 Å². The molecule has 0 saturated carbocycles. The van der Waals surface area contributed by atoms with Crippen LogP contribution in [-0.4, -0.2) is 22.5 Å². The van der Waals surface area contributed by atoms with Gasteiger partial charge in [0.25, 0.3) is 0 Å². The number of carbonyl (C=O) groups is 1. The molecule has 1 aromatic heterocycles. The third-order valence-electron chi connectivity index (χ3n) is 3.51. The van der Waals surface area contributed by atoms with Crippen molar-refractivity contribution in [1.29, 1.82) is 0 Å². The van der Waals surface area contributed by atoms with Crippen molar-refractivity contribution in [1.82, 2.24) is 4.98 Å². The van der Waals surface area contributed by atoms with Gasteiger partial charge >= 0.3 is 0 Å². The van der Waals surface area contributed by atoms with E-state index in [4.69, 9.17) is 0 Å². The van der Waals surface area contributed by atoms with Gasteiger partial charge in [-0.25, -0.2) is 0 Å². The molecule has 0 unspecified atom stereocenters. The Morgan fingerprint density at radius 2 is 2.19 bits per heavy atom. The maximum Gasteiger partial charge on any atom is 0.227 e. The van der Waals surface area contributed by atoms with E-state index in [0.29, 0.717) is 13.0 Å². The first-order valence-corrected chi connectivity index (χ1v) is 7.00. The summed E-state index contributed by atoms with van der Waals surface area (Å²) in [5, 5.41) is 12.5. The molecule has 0 radical (unpaired) electrons. The summed E-state index contributed by atoms with van der Waals surface area (Å²) in [4.78, 5) is 17.7. The van der Waals surface area contributed by atoms with Crippen molar-refractivity contribution in [2.24, 2.45) is 0 Å². The molecular formula is C16H17N3O2. The SMILES string of the molecule is O=C1CCCN1c1cccc(NCc2ccc(O)cn2)c1. The number of anilines is 2. The Hall–Kier alpha value is -2.56. The van der Waals surface area contributed by atoms with Crippen molar-refractivity contribution in [3.05, 3.63) is 48.3 Å². The summed E-state index contributed by atoms with van der Waals surface area (Å²) in [5.41, 5.74) is 2.72. The minimum Gasteiger partial charge on any atom is -0.506 e. The van der Waals surface area contributed by atoms with Gasteiger partial charge in [-0.2, -0.15) is 0 Å². The molecule has 1 amide bonds. The number of benzene rings is 1. The van der Waals surface area contributed by atoms with Crippen LogP contribution in [0.5, 0.6) is 5.75 Å². The highest BCUT2D eigenvalue weighted by atomic mass is 16.3. The van der Waals surface area contributed by atoms with Crippen molar-refractivity contribution in [3.8, 4) is 5.75 Å². The molecule has 0 bridgehead atoms. The Kier molecular flexibility index (Phi) is 3.73. The lowest BCUT2D eigenvalue weighted by Crippen LogP contribution is -2.23. The predicted molar refractivity (Wildman–Crippen MR) is 81.3 cm³/mol. The van der Waals surface area contributed by atoms with Crippen LogP contribution >= 0.6 is 0 Å². The van der Waals surface area contributed by atoms with Gasteiger partial charge in [-0.1, -0.05) is 6.07 Å². The third kappa shape index (κ3) is 3.13. The number of amides is 1. The molecule has 2 N–H and O–H groups in total. The Morgan fingerprint density at radius 1 is 1.29 bits per heavy atom. The molecule has 1 aromatic carbocycles. The minimum absolute atomic E-state index is 0.160. The molecule has 1 saturated heterocycles. The summed E-state index contributed by atoms with van der Waals surface area (Å²) in [7, 11) is 0. The van der Waals surface area contributed by atoms with E-state index in [2.05, 4.69) is 10.3 Å². The van der Waals surface area contributed by atoms with Gasteiger partial charge in [0.1, 0.15) is 5.75 Å². The number of nitrogens with zero attached hydrogens (tertiary/aromatic N) is 2. The summed E-state index contributed by atoms with van der Waals surface area (Å²) < 4.78 is 0. The molecule has 2 heterocycles. The number of aromatic hydroxyl groups is 1. The number of hydrogen-bond acceptors (Lipinski definition) is 4. The summed E-state index contributed by atoms with van der Waals surface area (Å²) in [6, 6.07) is 11.2. The Balaban J connectivity index is 1.68. The number of pyridine rings is 1. The fraction of sp³-hybridized carbons (Fsp3) is 0.250. The van der Waals surface area contributed by atoms with Crippen LogP contribution < -0.4 is 10.2 Å². The van der Waals surface area contributed by atoms with Gasteiger partial charge < -0.3 is 15.3 Å². The molecule has 0 aliphatic carbocycles. The van der Waals surface area contributed by atoms with Crippen LogP contribution in [0, 0.1) is 0 Å². The monoisotopic (exact) mass is 283 g/mol. The molecule has 2 aromatic rings. The molecule has 5 nitrogen and oxygen atoms in total. The van der Waals surface area contributed by atoms with Gasteiger partial charge in [0.15, 0.2) is 0 Å². The van der Waals surface area contributed by atoms with Crippen LogP contribution in [0.4, 0.5) is 11.4 Å². The van der Waals surface area contributed by atoms with E-state index in [1.807, 2.05) is 29.2 Å². The van der Waals surface area contributed by atoms with E-state index >= 15 is 0 Å². The van der Waals surface area contributed by atoms with E-state index in [9.17, 15) is 9.90 Å². The molecule has 3 rings (SSSR count). The number of carbonyl (C=O) groups excluding carboxylic acids is 1. The van der Waals surface area contributed by atoms with Crippen molar-refractivity contribution in [3.63, 3.8) is 0 Å². The second-order valence-electron chi connectivity index (χ2n) is 5.06. The molecule has 1 fully saturated rings. The highest BCUT2D eigenvalue weighted by molar-refractivity contribution is 5.95. The summed E-state index contributed by atoms with van der Waals surface area (Å²) >= 11 is 0. The Morgan fingerprint density at radius 3 is 2.90 bits per heavy atom. The lowest BCUT2D eigenvalue weighted by molar-refractivity contribution is -0.117. The molecular weight excluding hydrogens is 266 g/mol. The molecule has 0 atom stereocenters. The predicted octanol–water partition coefficient (Wildman–Crippen LogP) is 2.53. The van der Waals surface area contributed by atoms with Gasteiger partial charge in [0.2, 0.25) is 5.91 Å². The van der Waals surface area contributed by atoms with Gasteiger partial charge in [-0.3, -0.25) is 9.78 Å². The maximum absolute atomic E-state index is 11.8. The van der Waals surface area contributed by atoms with Crippen LogP contribution in [0.1, 0.15) is 18.5 Å².